The van der Waals surface area contributed by atoms with Crippen LogP contribution in [0.3, 0.4) is 0 Å². The molecule has 0 saturated heterocycles. The Bertz CT molecular complexity index is 1100. The maximum absolute atomic E-state index is 13.0. The van der Waals surface area contributed by atoms with E-state index < -0.39 is 11.9 Å². The third kappa shape index (κ3) is 4.36. The minimum Gasteiger partial charge on any atom is -0.465 e. The highest BCUT2D eigenvalue weighted by atomic mass is 32.1. The number of hydrogen-bond acceptors (Lipinski definition) is 8. The molecule has 3 rings (SSSR count). The highest BCUT2D eigenvalue weighted by molar-refractivity contribution is 7.20. The summed E-state index contributed by atoms with van der Waals surface area (Å²) >= 11 is 1.14. The standard InChI is InChI=1S/C20H20N2O6S/c1-12-15-17(29-16(12)20(25)28-9-8-26-2)21-11-22(18(15)23)10-13-4-6-14(7-5-13)19(24)27-3/h4-7,11H,8-10H2,1-3H3. The number of ether oxygens (including phenoxy) is 3. The third-order valence-corrected chi connectivity index (χ3v) is 5.53. The molecule has 0 atom stereocenters. The van der Waals surface area contributed by atoms with Gasteiger partial charge in [0.05, 0.1) is 37.5 Å². The van der Waals surface area contributed by atoms with E-state index in [0.29, 0.717) is 32.8 Å². The first-order chi connectivity index (χ1) is 14.0. The number of esters is 2. The lowest BCUT2D eigenvalue weighted by Crippen LogP contribution is -2.21. The van der Waals surface area contributed by atoms with Gasteiger partial charge in [-0.3, -0.25) is 9.36 Å². The van der Waals surface area contributed by atoms with E-state index in [2.05, 4.69) is 9.72 Å². The van der Waals surface area contributed by atoms with Gasteiger partial charge in [-0.25, -0.2) is 14.6 Å². The lowest BCUT2D eigenvalue weighted by molar-refractivity contribution is 0.0392. The van der Waals surface area contributed by atoms with Crippen molar-refractivity contribution in [1.29, 1.82) is 0 Å². The third-order valence-electron chi connectivity index (χ3n) is 4.35. The van der Waals surface area contributed by atoms with Gasteiger partial charge >= 0.3 is 11.9 Å². The van der Waals surface area contributed by atoms with E-state index in [1.807, 2.05) is 0 Å². The van der Waals surface area contributed by atoms with Gasteiger partial charge in [-0.15, -0.1) is 11.3 Å². The smallest absolute Gasteiger partial charge is 0.348 e. The SMILES string of the molecule is COCCOC(=O)c1sc2ncn(Cc3ccc(C(=O)OC)cc3)c(=O)c2c1C. The minimum atomic E-state index is -0.494. The fourth-order valence-corrected chi connectivity index (χ4v) is 3.84. The molecule has 0 saturated carbocycles. The predicted molar refractivity (Wildman–Crippen MR) is 108 cm³/mol. The van der Waals surface area contributed by atoms with E-state index in [0.717, 1.165) is 16.9 Å². The summed E-state index contributed by atoms with van der Waals surface area (Å²) in [4.78, 5) is 41.9. The average Bonchev–Trinajstić information content (AvgIpc) is 3.07. The number of methoxy groups -OCH3 is 2. The molecular formula is C20H20N2O6S. The van der Waals surface area contributed by atoms with E-state index in [1.165, 1.54) is 25.1 Å². The van der Waals surface area contributed by atoms with Crippen LogP contribution in [0.5, 0.6) is 0 Å². The Morgan fingerprint density at radius 2 is 1.83 bits per heavy atom. The predicted octanol–water partition coefficient (Wildman–Crippen LogP) is 2.40. The summed E-state index contributed by atoms with van der Waals surface area (Å²) < 4.78 is 16.2. The van der Waals surface area contributed by atoms with Crippen molar-refractivity contribution in [3.05, 3.63) is 62.5 Å². The molecule has 0 bridgehead atoms. The largest absolute Gasteiger partial charge is 0.465 e. The van der Waals surface area contributed by atoms with E-state index in [4.69, 9.17) is 9.47 Å². The molecule has 0 spiro atoms. The summed E-state index contributed by atoms with van der Waals surface area (Å²) in [5, 5.41) is 0.405. The van der Waals surface area contributed by atoms with Gasteiger partial charge in [-0.05, 0) is 30.2 Å². The number of carbonyl (C=O) groups is 2. The first kappa shape index (κ1) is 20.7. The van der Waals surface area contributed by atoms with Crippen molar-refractivity contribution in [2.24, 2.45) is 0 Å². The molecule has 29 heavy (non-hydrogen) atoms. The molecular weight excluding hydrogens is 396 g/mol. The molecule has 0 fully saturated rings. The molecule has 2 heterocycles. The molecule has 0 radical (unpaired) electrons. The molecule has 8 nitrogen and oxygen atoms in total. The number of fused-ring (bicyclic) bond motifs is 1. The van der Waals surface area contributed by atoms with Gasteiger partial charge in [-0.2, -0.15) is 0 Å². The molecule has 2 aromatic heterocycles. The number of benzene rings is 1. The van der Waals surface area contributed by atoms with Crippen LogP contribution in [0, 0.1) is 6.92 Å². The molecule has 3 aromatic rings. The van der Waals surface area contributed by atoms with Gasteiger partial charge in [0.25, 0.3) is 5.56 Å². The maximum atomic E-state index is 13.0. The molecule has 0 N–H and O–H groups in total. The summed E-state index contributed by atoms with van der Waals surface area (Å²) in [5.41, 5.74) is 1.58. The van der Waals surface area contributed by atoms with Crippen LogP contribution in [-0.2, 0) is 20.8 Å². The van der Waals surface area contributed by atoms with E-state index >= 15 is 0 Å². The molecule has 9 heteroatoms. The Morgan fingerprint density at radius 3 is 2.48 bits per heavy atom. The summed E-state index contributed by atoms with van der Waals surface area (Å²) in [6.07, 6.45) is 1.45. The monoisotopic (exact) mass is 416 g/mol. The van der Waals surface area contributed by atoms with Crippen LogP contribution >= 0.6 is 11.3 Å². The lowest BCUT2D eigenvalue weighted by atomic mass is 10.1. The van der Waals surface area contributed by atoms with E-state index in [1.54, 1.807) is 31.2 Å². The second-order valence-corrected chi connectivity index (χ2v) is 7.23. The van der Waals surface area contributed by atoms with Crippen molar-refractivity contribution in [2.45, 2.75) is 13.5 Å². The number of carbonyl (C=O) groups excluding carboxylic acids is 2. The Kier molecular flexibility index (Phi) is 6.40. The Morgan fingerprint density at radius 1 is 1.10 bits per heavy atom. The average molecular weight is 416 g/mol. The van der Waals surface area contributed by atoms with Crippen molar-refractivity contribution in [1.82, 2.24) is 9.55 Å². The molecule has 0 aliphatic carbocycles. The minimum absolute atomic E-state index is 0.141. The topological polar surface area (TPSA) is 96.7 Å². The van der Waals surface area contributed by atoms with Crippen molar-refractivity contribution in [3.8, 4) is 0 Å². The fourth-order valence-electron chi connectivity index (χ4n) is 2.81. The van der Waals surface area contributed by atoms with Crippen LogP contribution < -0.4 is 5.56 Å². The van der Waals surface area contributed by atoms with Crippen molar-refractivity contribution < 1.29 is 23.8 Å². The first-order valence-corrected chi connectivity index (χ1v) is 9.59. The van der Waals surface area contributed by atoms with Crippen LogP contribution in [0.15, 0.2) is 35.4 Å². The molecule has 1 aromatic carbocycles. The van der Waals surface area contributed by atoms with Gasteiger partial charge in [0.2, 0.25) is 0 Å². The van der Waals surface area contributed by atoms with Gasteiger partial charge in [-0.1, -0.05) is 12.1 Å². The molecule has 0 aliphatic heterocycles. The summed E-state index contributed by atoms with van der Waals surface area (Å²) in [5.74, 6) is -0.914. The lowest BCUT2D eigenvalue weighted by Gasteiger charge is -2.07. The Labute approximate surface area is 170 Å². The van der Waals surface area contributed by atoms with Gasteiger partial charge < -0.3 is 14.2 Å². The Balaban J connectivity index is 1.88. The molecule has 0 amide bonds. The maximum Gasteiger partial charge on any atom is 0.348 e. The van der Waals surface area contributed by atoms with Crippen LogP contribution in [0.4, 0.5) is 0 Å². The molecule has 0 aliphatic rings. The van der Waals surface area contributed by atoms with Crippen molar-refractivity contribution in [3.63, 3.8) is 0 Å². The molecule has 152 valence electrons. The van der Waals surface area contributed by atoms with Crippen LogP contribution in [-0.4, -0.2) is 48.9 Å². The summed E-state index contributed by atoms with van der Waals surface area (Å²) in [6.45, 7) is 2.44. The fraction of sp³-hybridized carbons (Fsp3) is 0.300. The highest BCUT2D eigenvalue weighted by Gasteiger charge is 2.20. The quantitative estimate of drug-likeness (QED) is 0.431. The van der Waals surface area contributed by atoms with Crippen molar-refractivity contribution in [2.75, 3.05) is 27.4 Å². The Hall–Kier alpha value is -3.04. The number of thiophene rings is 1. The molecule has 0 unspecified atom stereocenters. The van der Waals surface area contributed by atoms with Gasteiger partial charge in [0.1, 0.15) is 16.3 Å². The zero-order valence-corrected chi connectivity index (χ0v) is 17.1. The second-order valence-electron chi connectivity index (χ2n) is 6.23. The summed E-state index contributed by atoms with van der Waals surface area (Å²) in [6, 6.07) is 6.79. The number of rotatable bonds is 7. The van der Waals surface area contributed by atoms with E-state index in [9.17, 15) is 14.4 Å². The van der Waals surface area contributed by atoms with Crippen LogP contribution in [0.25, 0.3) is 10.2 Å². The van der Waals surface area contributed by atoms with Crippen LogP contribution in [0.2, 0.25) is 0 Å². The normalized spacial score (nSPS) is 10.9. The van der Waals surface area contributed by atoms with Crippen LogP contribution in [0.1, 0.15) is 31.2 Å². The second kappa shape index (κ2) is 8.97. The van der Waals surface area contributed by atoms with Gasteiger partial charge in [0.15, 0.2) is 0 Å². The first-order valence-electron chi connectivity index (χ1n) is 8.78. The zero-order valence-electron chi connectivity index (χ0n) is 16.3. The van der Waals surface area contributed by atoms with Gasteiger partial charge in [0, 0.05) is 7.11 Å². The number of aryl methyl sites for hydroxylation is 1. The zero-order chi connectivity index (χ0) is 21.0. The highest BCUT2D eigenvalue weighted by Crippen LogP contribution is 2.27. The number of hydrogen-bond donors (Lipinski definition) is 0. The van der Waals surface area contributed by atoms with Crippen molar-refractivity contribution >= 4 is 33.5 Å². The van der Waals surface area contributed by atoms with E-state index in [-0.39, 0.29) is 18.7 Å². The summed E-state index contributed by atoms with van der Waals surface area (Å²) in [7, 11) is 2.84. The number of aromatic nitrogens is 2. The number of nitrogens with zero attached hydrogens (tertiary/aromatic N) is 2.